The molecule has 1 aromatic rings. The van der Waals surface area contributed by atoms with Crippen LogP contribution in [0.2, 0.25) is 0 Å². The minimum atomic E-state index is -0.158. The van der Waals surface area contributed by atoms with E-state index in [1.54, 1.807) is 6.07 Å². The van der Waals surface area contributed by atoms with Crippen molar-refractivity contribution in [3.8, 4) is 5.75 Å². The molecule has 3 heteroatoms. The van der Waals surface area contributed by atoms with Crippen LogP contribution in [0.5, 0.6) is 5.75 Å². The van der Waals surface area contributed by atoms with Crippen molar-refractivity contribution in [1.82, 2.24) is 5.32 Å². The van der Waals surface area contributed by atoms with E-state index in [0.717, 1.165) is 30.7 Å². The van der Waals surface area contributed by atoms with Gasteiger partial charge in [-0.3, -0.25) is 0 Å². The third kappa shape index (κ3) is 2.05. The third-order valence-corrected chi connectivity index (χ3v) is 2.98. The van der Waals surface area contributed by atoms with Gasteiger partial charge in [0.05, 0.1) is 6.61 Å². The molecule has 1 aromatic carbocycles. The molecule has 1 heterocycles. The number of halogens is 1. The highest BCUT2D eigenvalue weighted by Crippen LogP contribution is 2.36. The molecule has 0 aromatic heterocycles. The van der Waals surface area contributed by atoms with Crippen LogP contribution in [-0.4, -0.2) is 13.2 Å². The van der Waals surface area contributed by atoms with E-state index in [9.17, 15) is 4.39 Å². The summed E-state index contributed by atoms with van der Waals surface area (Å²) in [5.74, 6) is 0.578. The Morgan fingerprint density at radius 3 is 3.06 bits per heavy atom. The summed E-state index contributed by atoms with van der Waals surface area (Å²) in [7, 11) is 0. The summed E-state index contributed by atoms with van der Waals surface area (Å²) in [6.07, 6.45) is 1.90. The molecule has 1 N–H and O–H groups in total. The highest BCUT2D eigenvalue weighted by atomic mass is 19.1. The Balaban J connectivity index is 2.33. The van der Waals surface area contributed by atoms with Crippen LogP contribution < -0.4 is 10.1 Å². The highest BCUT2D eigenvalue weighted by molar-refractivity contribution is 5.44. The van der Waals surface area contributed by atoms with Crippen molar-refractivity contribution in [1.29, 1.82) is 0 Å². The average molecular weight is 223 g/mol. The van der Waals surface area contributed by atoms with Crippen molar-refractivity contribution < 1.29 is 9.13 Å². The van der Waals surface area contributed by atoms with Crippen LogP contribution in [0.25, 0.3) is 0 Å². The fraction of sp³-hybridized carbons (Fsp3) is 0.538. The number of ether oxygens (including phenoxy) is 1. The predicted octanol–water partition coefficient (Wildman–Crippen LogP) is 2.96. The Kier molecular flexibility index (Phi) is 3.44. The molecule has 2 rings (SSSR count). The standard InChI is InChI=1S/C13H18FNO/c1-3-7-15-11-6-8-16-13-9(2)4-5-10(14)12(11)13/h4-5,11,15H,3,6-8H2,1-2H3. The van der Waals surface area contributed by atoms with E-state index in [-0.39, 0.29) is 11.9 Å². The molecule has 0 saturated carbocycles. The van der Waals surface area contributed by atoms with E-state index in [1.807, 2.05) is 6.92 Å². The summed E-state index contributed by atoms with van der Waals surface area (Å²) < 4.78 is 19.4. The van der Waals surface area contributed by atoms with Gasteiger partial charge in [0.15, 0.2) is 0 Å². The van der Waals surface area contributed by atoms with Gasteiger partial charge in [-0.2, -0.15) is 0 Å². The molecule has 0 radical (unpaired) electrons. The zero-order chi connectivity index (χ0) is 11.5. The lowest BCUT2D eigenvalue weighted by Gasteiger charge is -2.28. The Morgan fingerprint density at radius 2 is 2.31 bits per heavy atom. The molecular weight excluding hydrogens is 205 g/mol. The quantitative estimate of drug-likeness (QED) is 0.850. The van der Waals surface area contributed by atoms with Gasteiger partial charge in [0.1, 0.15) is 11.6 Å². The number of aryl methyl sites for hydroxylation is 1. The van der Waals surface area contributed by atoms with Crippen molar-refractivity contribution in [2.24, 2.45) is 0 Å². The number of hydrogen-bond donors (Lipinski definition) is 1. The fourth-order valence-corrected chi connectivity index (χ4v) is 2.15. The van der Waals surface area contributed by atoms with Gasteiger partial charge in [0.2, 0.25) is 0 Å². The van der Waals surface area contributed by atoms with Gasteiger partial charge in [-0.25, -0.2) is 4.39 Å². The molecule has 0 aliphatic carbocycles. The summed E-state index contributed by atoms with van der Waals surface area (Å²) in [5, 5.41) is 3.38. The smallest absolute Gasteiger partial charge is 0.131 e. The van der Waals surface area contributed by atoms with E-state index >= 15 is 0 Å². The Morgan fingerprint density at radius 1 is 1.50 bits per heavy atom. The van der Waals surface area contributed by atoms with Gasteiger partial charge < -0.3 is 10.1 Å². The Bertz CT molecular complexity index is 378. The normalized spacial score (nSPS) is 19.1. The minimum absolute atomic E-state index is 0.101. The topological polar surface area (TPSA) is 21.3 Å². The molecule has 2 nitrogen and oxygen atoms in total. The van der Waals surface area contributed by atoms with Crippen molar-refractivity contribution >= 4 is 0 Å². The first-order valence-electron chi connectivity index (χ1n) is 5.89. The van der Waals surface area contributed by atoms with Crippen molar-refractivity contribution in [2.45, 2.75) is 32.7 Å². The molecular formula is C13H18FNO. The van der Waals surface area contributed by atoms with E-state index in [0.29, 0.717) is 12.2 Å². The Labute approximate surface area is 95.8 Å². The second-order valence-corrected chi connectivity index (χ2v) is 4.25. The van der Waals surface area contributed by atoms with Gasteiger partial charge in [0.25, 0.3) is 0 Å². The molecule has 88 valence electrons. The highest BCUT2D eigenvalue weighted by Gasteiger charge is 2.25. The van der Waals surface area contributed by atoms with E-state index < -0.39 is 0 Å². The first-order valence-corrected chi connectivity index (χ1v) is 5.89. The molecule has 0 bridgehead atoms. The molecule has 1 aliphatic rings. The first-order chi connectivity index (χ1) is 7.74. The van der Waals surface area contributed by atoms with Crippen LogP contribution in [0, 0.1) is 12.7 Å². The number of benzene rings is 1. The van der Waals surface area contributed by atoms with Gasteiger partial charge in [-0.1, -0.05) is 13.0 Å². The van der Waals surface area contributed by atoms with Gasteiger partial charge in [-0.15, -0.1) is 0 Å². The SMILES string of the molecule is CCCNC1CCOc2c(C)ccc(F)c21. The van der Waals surface area contributed by atoms with Crippen LogP contribution in [0.15, 0.2) is 12.1 Å². The Hall–Kier alpha value is -1.09. The van der Waals surface area contributed by atoms with Crippen molar-refractivity contribution in [3.63, 3.8) is 0 Å². The number of fused-ring (bicyclic) bond motifs is 1. The monoisotopic (exact) mass is 223 g/mol. The number of nitrogens with one attached hydrogen (secondary N) is 1. The lowest BCUT2D eigenvalue weighted by Crippen LogP contribution is -2.29. The minimum Gasteiger partial charge on any atom is -0.493 e. The summed E-state index contributed by atoms with van der Waals surface area (Å²) in [6.45, 7) is 5.65. The average Bonchev–Trinajstić information content (AvgIpc) is 2.31. The molecule has 0 saturated heterocycles. The number of hydrogen-bond acceptors (Lipinski definition) is 2. The van der Waals surface area contributed by atoms with E-state index in [1.165, 1.54) is 6.07 Å². The molecule has 1 unspecified atom stereocenters. The summed E-state index contributed by atoms with van der Waals surface area (Å²) in [5.41, 5.74) is 1.72. The van der Waals surface area contributed by atoms with Crippen molar-refractivity contribution in [2.75, 3.05) is 13.2 Å². The van der Waals surface area contributed by atoms with Crippen molar-refractivity contribution in [3.05, 3.63) is 29.1 Å². The second kappa shape index (κ2) is 4.83. The molecule has 16 heavy (non-hydrogen) atoms. The van der Waals surface area contributed by atoms with E-state index in [4.69, 9.17) is 4.74 Å². The van der Waals surface area contributed by atoms with Gasteiger partial charge in [-0.05, 0) is 31.5 Å². The molecule has 1 atom stereocenters. The summed E-state index contributed by atoms with van der Waals surface area (Å²) >= 11 is 0. The predicted molar refractivity (Wildman–Crippen MR) is 62.3 cm³/mol. The van der Waals surface area contributed by atoms with Crippen LogP contribution in [0.3, 0.4) is 0 Å². The fourth-order valence-electron chi connectivity index (χ4n) is 2.15. The number of rotatable bonds is 3. The molecule has 1 aliphatic heterocycles. The zero-order valence-electron chi connectivity index (χ0n) is 9.85. The summed E-state index contributed by atoms with van der Waals surface area (Å²) in [4.78, 5) is 0. The molecule has 0 fully saturated rings. The van der Waals surface area contributed by atoms with Crippen LogP contribution in [0.1, 0.15) is 36.9 Å². The lowest BCUT2D eigenvalue weighted by atomic mass is 9.97. The lowest BCUT2D eigenvalue weighted by molar-refractivity contribution is 0.246. The summed E-state index contributed by atoms with van der Waals surface area (Å²) in [6, 6.07) is 3.41. The third-order valence-electron chi connectivity index (χ3n) is 2.98. The second-order valence-electron chi connectivity index (χ2n) is 4.25. The molecule has 0 amide bonds. The zero-order valence-corrected chi connectivity index (χ0v) is 9.85. The van der Waals surface area contributed by atoms with Crippen LogP contribution in [-0.2, 0) is 0 Å². The maximum Gasteiger partial charge on any atom is 0.131 e. The first kappa shape index (κ1) is 11.4. The van der Waals surface area contributed by atoms with Crippen LogP contribution >= 0.6 is 0 Å². The molecule has 0 spiro atoms. The van der Waals surface area contributed by atoms with Crippen LogP contribution in [0.4, 0.5) is 4.39 Å². The largest absolute Gasteiger partial charge is 0.493 e. The maximum absolute atomic E-state index is 13.8. The maximum atomic E-state index is 13.8. The van der Waals surface area contributed by atoms with Gasteiger partial charge in [0, 0.05) is 18.0 Å². The van der Waals surface area contributed by atoms with E-state index in [2.05, 4.69) is 12.2 Å². The van der Waals surface area contributed by atoms with Gasteiger partial charge >= 0.3 is 0 Å².